The summed E-state index contributed by atoms with van der Waals surface area (Å²) in [5, 5.41) is 3.12. The van der Waals surface area contributed by atoms with Crippen molar-refractivity contribution in [2.75, 3.05) is 12.3 Å². The quantitative estimate of drug-likeness (QED) is 0.833. The number of nitrogens with zero attached hydrogens (tertiary/aromatic N) is 1. The summed E-state index contributed by atoms with van der Waals surface area (Å²) in [5.74, 6) is 0.797. The van der Waals surface area contributed by atoms with Crippen molar-refractivity contribution in [3.63, 3.8) is 0 Å². The van der Waals surface area contributed by atoms with Gasteiger partial charge < -0.3 is 5.32 Å². The van der Waals surface area contributed by atoms with Crippen LogP contribution in [0.1, 0.15) is 65.2 Å². The van der Waals surface area contributed by atoms with Gasteiger partial charge in [0.05, 0.1) is 11.2 Å². The Balaban J connectivity index is 1.81. The summed E-state index contributed by atoms with van der Waals surface area (Å²) in [5.41, 5.74) is -0.483. The van der Waals surface area contributed by atoms with Crippen molar-refractivity contribution in [3.8, 4) is 0 Å². The minimum absolute atomic E-state index is 0.100. The summed E-state index contributed by atoms with van der Waals surface area (Å²) in [7, 11) is -3.18. The number of hydrogen-bond acceptors (Lipinski definition) is 3. The number of carbonyl (C=O) groups is 1. The first-order chi connectivity index (χ1) is 10.9. The Morgan fingerprint density at radius 1 is 1.22 bits per heavy atom. The molecule has 1 N–H and O–H groups in total. The lowest BCUT2D eigenvalue weighted by Crippen LogP contribution is -2.63. The maximum Gasteiger partial charge on any atom is 0.227 e. The fourth-order valence-corrected chi connectivity index (χ4v) is 6.53. The van der Waals surface area contributed by atoms with Gasteiger partial charge in [0.25, 0.3) is 0 Å². The fraction of sp³-hybridized carbons (Fsp3) is 0.941. The normalized spacial score (nSPS) is 34.1. The molecule has 1 aliphatic heterocycles. The van der Waals surface area contributed by atoms with E-state index in [2.05, 4.69) is 19.2 Å². The van der Waals surface area contributed by atoms with E-state index in [0.717, 1.165) is 44.9 Å². The van der Waals surface area contributed by atoms with Crippen LogP contribution in [0.3, 0.4) is 0 Å². The van der Waals surface area contributed by atoms with Crippen LogP contribution in [0.4, 0.5) is 0 Å². The van der Waals surface area contributed by atoms with Gasteiger partial charge in [0.2, 0.25) is 15.9 Å². The Bertz CT molecular complexity index is 556. The van der Waals surface area contributed by atoms with E-state index in [0.29, 0.717) is 18.9 Å². The van der Waals surface area contributed by atoms with Crippen LogP contribution in [0.25, 0.3) is 0 Å². The molecule has 0 spiro atoms. The first-order valence-corrected chi connectivity index (χ1v) is 10.8. The highest BCUT2D eigenvalue weighted by Gasteiger charge is 2.58. The molecular formula is C17H30N2O3S. The number of sulfonamides is 1. The molecule has 1 saturated heterocycles. The van der Waals surface area contributed by atoms with Crippen LogP contribution in [-0.2, 0) is 14.8 Å². The van der Waals surface area contributed by atoms with Crippen LogP contribution < -0.4 is 5.32 Å². The highest BCUT2D eigenvalue weighted by molar-refractivity contribution is 7.89. The molecule has 1 heterocycles. The molecule has 23 heavy (non-hydrogen) atoms. The van der Waals surface area contributed by atoms with Gasteiger partial charge in [-0.3, -0.25) is 4.79 Å². The Morgan fingerprint density at radius 2 is 1.96 bits per heavy atom. The molecular weight excluding hydrogens is 312 g/mol. The molecule has 1 amide bonds. The molecule has 2 aliphatic carbocycles. The van der Waals surface area contributed by atoms with Gasteiger partial charge in [-0.25, -0.2) is 8.42 Å². The van der Waals surface area contributed by atoms with E-state index >= 15 is 0 Å². The first-order valence-electron chi connectivity index (χ1n) is 9.16. The smallest absolute Gasteiger partial charge is 0.227 e. The minimum atomic E-state index is -3.18. The third-order valence-corrected chi connectivity index (χ3v) is 7.70. The third kappa shape index (κ3) is 3.29. The number of amides is 1. The molecule has 2 atom stereocenters. The molecule has 6 heteroatoms. The molecule has 3 aliphatic rings. The van der Waals surface area contributed by atoms with Crippen molar-refractivity contribution in [2.45, 2.75) is 77.3 Å². The first kappa shape index (κ1) is 17.2. The predicted molar refractivity (Wildman–Crippen MR) is 90.4 cm³/mol. The molecule has 0 bridgehead atoms. The maximum atomic E-state index is 13.0. The molecule has 0 aromatic carbocycles. The summed E-state index contributed by atoms with van der Waals surface area (Å²) in [6, 6.07) is 0.0489. The van der Waals surface area contributed by atoms with Gasteiger partial charge >= 0.3 is 0 Å². The molecule has 0 unspecified atom stereocenters. The van der Waals surface area contributed by atoms with Gasteiger partial charge in [0, 0.05) is 18.6 Å². The monoisotopic (exact) mass is 342 g/mol. The summed E-state index contributed by atoms with van der Waals surface area (Å²) in [6.45, 7) is 4.99. The van der Waals surface area contributed by atoms with Crippen molar-refractivity contribution in [3.05, 3.63) is 0 Å². The van der Waals surface area contributed by atoms with E-state index in [-0.39, 0.29) is 23.7 Å². The molecule has 0 aromatic heterocycles. The third-order valence-electron chi connectivity index (χ3n) is 5.79. The lowest BCUT2D eigenvalue weighted by molar-refractivity contribution is -0.137. The number of fused-ring (bicyclic) bond motifs is 1. The lowest BCUT2D eigenvalue weighted by Gasteiger charge is -2.51. The van der Waals surface area contributed by atoms with Gasteiger partial charge in [-0.2, -0.15) is 4.31 Å². The molecule has 5 nitrogen and oxygen atoms in total. The van der Waals surface area contributed by atoms with Gasteiger partial charge in [-0.05, 0) is 44.4 Å². The SMILES string of the molecule is CC(C)CCNC(=O)[C@@]12CCCC[C@H]1N(C1CC1)S(=O)(=O)CC2. The Hall–Kier alpha value is -0.620. The Kier molecular flexibility index (Phi) is 4.76. The zero-order chi connectivity index (χ0) is 16.7. The summed E-state index contributed by atoms with van der Waals surface area (Å²) < 4.78 is 26.9. The highest BCUT2D eigenvalue weighted by Crippen LogP contribution is 2.50. The predicted octanol–water partition coefficient (Wildman–Crippen LogP) is 2.28. The number of hydrogen-bond donors (Lipinski definition) is 1. The lowest BCUT2D eigenvalue weighted by atomic mass is 9.67. The van der Waals surface area contributed by atoms with Gasteiger partial charge in [-0.1, -0.05) is 26.7 Å². The fourth-order valence-electron chi connectivity index (χ4n) is 4.33. The largest absolute Gasteiger partial charge is 0.356 e. The van der Waals surface area contributed by atoms with Crippen LogP contribution in [0, 0.1) is 11.3 Å². The van der Waals surface area contributed by atoms with E-state index in [1.165, 1.54) is 0 Å². The van der Waals surface area contributed by atoms with Crippen molar-refractivity contribution >= 4 is 15.9 Å². The van der Waals surface area contributed by atoms with Gasteiger partial charge in [-0.15, -0.1) is 0 Å². The molecule has 3 fully saturated rings. The van der Waals surface area contributed by atoms with Gasteiger partial charge in [0.1, 0.15) is 0 Å². The number of carbonyl (C=O) groups excluding carboxylic acids is 1. The average molecular weight is 343 g/mol. The molecule has 0 radical (unpaired) electrons. The summed E-state index contributed by atoms with van der Waals surface area (Å²) >= 11 is 0. The zero-order valence-electron chi connectivity index (χ0n) is 14.4. The van der Waals surface area contributed by atoms with Crippen molar-refractivity contribution < 1.29 is 13.2 Å². The molecule has 2 saturated carbocycles. The number of nitrogens with one attached hydrogen (secondary N) is 1. The van der Waals surface area contributed by atoms with Crippen LogP contribution in [0.15, 0.2) is 0 Å². The van der Waals surface area contributed by atoms with Crippen LogP contribution >= 0.6 is 0 Å². The maximum absolute atomic E-state index is 13.0. The van der Waals surface area contributed by atoms with E-state index in [1.54, 1.807) is 4.31 Å². The minimum Gasteiger partial charge on any atom is -0.356 e. The van der Waals surface area contributed by atoms with E-state index in [9.17, 15) is 13.2 Å². The van der Waals surface area contributed by atoms with Crippen LogP contribution in [-0.4, -0.2) is 43.0 Å². The second kappa shape index (κ2) is 6.36. The van der Waals surface area contributed by atoms with Crippen molar-refractivity contribution in [1.29, 1.82) is 0 Å². The van der Waals surface area contributed by atoms with E-state index in [4.69, 9.17) is 0 Å². The van der Waals surface area contributed by atoms with Crippen molar-refractivity contribution in [2.24, 2.45) is 11.3 Å². The Morgan fingerprint density at radius 3 is 2.61 bits per heavy atom. The van der Waals surface area contributed by atoms with Crippen LogP contribution in [0.2, 0.25) is 0 Å². The van der Waals surface area contributed by atoms with E-state index < -0.39 is 15.4 Å². The number of rotatable bonds is 5. The highest BCUT2D eigenvalue weighted by atomic mass is 32.2. The average Bonchev–Trinajstić information content (AvgIpc) is 3.30. The second-order valence-electron chi connectivity index (χ2n) is 7.98. The van der Waals surface area contributed by atoms with Gasteiger partial charge in [0.15, 0.2) is 0 Å². The molecule has 132 valence electrons. The summed E-state index contributed by atoms with van der Waals surface area (Å²) in [6.07, 6.45) is 7.13. The standard InChI is InChI=1S/C17H30N2O3S/c1-13(2)8-11-18-16(20)17-9-4-3-5-15(17)19(14-6-7-14)23(21,22)12-10-17/h13-15H,3-12H2,1-2H3,(H,18,20)/t15-,17-/m1/s1. The molecule has 0 aromatic rings. The van der Waals surface area contributed by atoms with Crippen molar-refractivity contribution in [1.82, 2.24) is 9.62 Å². The zero-order valence-corrected chi connectivity index (χ0v) is 15.2. The van der Waals surface area contributed by atoms with E-state index in [1.807, 2.05) is 0 Å². The topological polar surface area (TPSA) is 66.5 Å². The second-order valence-corrected chi connectivity index (χ2v) is 9.98. The van der Waals surface area contributed by atoms with Crippen LogP contribution in [0.5, 0.6) is 0 Å². The summed E-state index contributed by atoms with van der Waals surface area (Å²) in [4.78, 5) is 13.0. The molecule has 3 rings (SSSR count). The Labute approximate surface area is 140 Å².